The van der Waals surface area contributed by atoms with Gasteiger partial charge in [-0.1, -0.05) is 111 Å². The first kappa shape index (κ1) is 82.6. The van der Waals surface area contributed by atoms with Gasteiger partial charge in [0.1, 0.15) is 24.2 Å². The Morgan fingerprint density at radius 3 is 1.89 bits per heavy atom. The van der Waals surface area contributed by atoms with Gasteiger partial charge in [-0.25, -0.2) is 9.59 Å². The summed E-state index contributed by atoms with van der Waals surface area (Å²) in [5.74, 6) is -2.98. The fourth-order valence-corrected chi connectivity index (χ4v) is 13.0. The molecule has 26 heteroatoms. The summed E-state index contributed by atoms with van der Waals surface area (Å²) in [6, 6.07) is 24.2. The zero-order chi connectivity index (χ0) is 75.4. The van der Waals surface area contributed by atoms with Crippen LogP contribution in [0.25, 0.3) is 22.8 Å². The van der Waals surface area contributed by atoms with Crippen molar-refractivity contribution in [2.45, 2.75) is 195 Å². The van der Waals surface area contributed by atoms with Gasteiger partial charge in [0.05, 0.1) is 66.2 Å². The first-order valence-electron chi connectivity index (χ1n) is 35.8. The molecule has 1 aliphatic carbocycles. The van der Waals surface area contributed by atoms with Crippen molar-refractivity contribution in [2.24, 2.45) is 29.6 Å². The predicted molar refractivity (Wildman–Crippen MR) is 391 cm³/mol. The second kappa shape index (κ2) is 41.0. The highest BCUT2D eigenvalue weighted by Crippen LogP contribution is 2.33. The molecule has 7 amide bonds. The first-order chi connectivity index (χ1) is 49.2. The van der Waals surface area contributed by atoms with Crippen LogP contribution in [0.2, 0.25) is 0 Å². The minimum atomic E-state index is -0.979. The molecular formula is C77H107N11O15. The van der Waals surface area contributed by atoms with Gasteiger partial charge in [0.25, 0.3) is 0 Å². The molecule has 103 heavy (non-hydrogen) atoms. The average Bonchev–Trinajstić information content (AvgIpc) is 1.80. The van der Waals surface area contributed by atoms with Crippen molar-refractivity contribution in [1.82, 2.24) is 45.7 Å². The molecule has 0 saturated carbocycles. The average molecular weight is 1430 g/mol. The van der Waals surface area contributed by atoms with E-state index < -0.39 is 78.5 Å². The number of hydrogen-bond acceptors (Lipinski definition) is 19. The van der Waals surface area contributed by atoms with Crippen LogP contribution in [0, 0.1) is 29.6 Å². The molecule has 4 aromatic carbocycles. The fraction of sp³-hybridized carbons (Fsp3) is 0.532. The number of carbonyl (C=O) groups excluding carboxylic acids is 8. The van der Waals surface area contributed by atoms with E-state index in [1.807, 2.05) is 71.9 Å². The van der Waals surface area contributed by atoms with Gasteiger partial charge in [-0.15, -0.1) is 20.4 Å². The van der Waals surface area contributed by atoms with Crippen molar-refractivity contribution in [3.63, 3.8) is 0 Å². The van der Waals surface area contributed by atoms with E-state index in [0.717, 1.165) is 36.8 Å². The van der Waals surface area contributed by atoms with Gasteiger partial charge < -0.3 is 64.9 Å². The van der Waals surface area contributed by atoms with E-state index >= 15 is 0 Å². The lowest BCUT2D eigenvalue weighted by molar-refractivity contribution is -0.149. The van der Waals surface area contributed by atoms with E-state index in [9.17, 15) is 53.7 Å². The molecule has 0 spiro atoms. The maximum Gasteiger partial charge on any atom is 0.412 e. The molecule has 1 aliphatic heterocycles. The quantitative estimate of drug-likeness (QED) is 0.0197. The van der Waals surface area contributed by atoms with Crippen LogP contribution in [-0.4, -0.2) is 182 Å². The fourth-order valence-electron chi connectivity index (χ4n) is 13.0. The molecule has 2 heterocycles. The van der Waals surface area contributed by atoms with E-state index in [4.69, 9.17) is 18.9 Å². The number of allylic oxidation sites excluding steroid dienone is 1. The van der Waals surface area contributed by atoms with E-state index in [2.05, 4.69) is 41.7 Å². The number of amides is 7. The van der Waals surface area contributed by atoms with E-state index in [0.29, 0.717) is 55.0 Å². The van der Waals surface area contributed by atoms with Gasteiger partial charge in [-0.05, 0) is 141 Å². The summed E-state index contributed by atoms with van der Waals surface area (Å²) in [5, 5.41) is 56.6. The molecule has 560 valence electrons. The standard InChI is InChI=1S/C63H97N7O13.C14H10N4O2/c1-14-41(7)57(52(80-12)37-55(74)70-34-24-29-50(70)59(81-13)42(8)60(76)65-43(9)58(75)45-25-20-19-21-26-45)68(10)61(77)47(39(3)4)36-51(71)56(40(5)6)69(11)63(79)82-38-44-30-31-48(49(35-44)66-54(73)32-33-64-53(72)15-2)67-62(78)83-46-27-22-17-16-18-23-28-46;19-11-5-1-9(2-6-11)13-15-17-14(18-16-13)10-3-7-12(20)8-4-10/h19-22,25-27,30-31,35,39-43,46-47,50,52,56-59,75H,14-18,23-24,28-29,32-34,36-38H2,1-13H3,(H,64,72)(H,65,76)(H,66,73)(H,67,78);1-8,19-20H/b27-22+;/t41-,42+,43+,46?,47-,50-,52+,56-,57-,58+,59+;/m0./s1. The van der Waals surface area contributed by atoms with Crippen LogP contribution >= 0.6 is 0 Å². The number of aromatic hydroxyl groups is 2. The van der Waals surface area contributed by atoms with Gasteiger partial charge in [0, 0.05) is 77.7 Å². The molecule has 1 aromatic heterocycles. The smallest absolute Gasteiger partial charge is 0.412 e. The van der Waals surface area contributed by atoms with Gasteiger partial charge in [-0.2, -0.15) is 0 Å². The minimum absolute atomic E-state index is 0.0475. The van der Waals surface area contributed by atoms with E-state index in [1.54, 1.807) is 116 Å². The third kappa shape index (κ3) is 24.4. The Bertz CT molecular complexity index is 3520. The van der Waals surface area contributed by atoms with Crippen LogP contribution in [0.5, 0.6) is 11.5 Å². The number of methoxy groups -OCH3 is 2. The Kier molecular flexibility index (Phi) is 32.9. The highest BCUT2D eigenvalue weighted by Gasteiger charge is 2.44. The summed E-state index contributed by atoms with van der Waals surface area (Å²) in [4.78, 5) is 114. The van der Waals surface area contributed by atoms with Gasteiger partial charge in [-0.3, -0.25) is 34.1 Å². The Labute approximate surface area is 605 Å². The second-order valence-corrected chi connectivity index (χ2v) is 27.3. The molecule has 0 radical (unpaired) electrons. The van der Waals surface area contributed by atoms with Crippen LogP contribution in [0.3, 0.4) is 0 Å². The van der Waals surface area contributed by atoms with Crippen molar-refractivity contribution in [2.75, 3.05) is 52.0 Å². The molecule has 7 N–H and O–H groups in total. The second-order valence-electron chi connectivity index (χ2n) is 27.3. The number of carbonyl (C=O) groups is 8. The molecule has 0 bridgehead atoms. The molecule has 1 saturated heterocycles. The van der Waals surface area contributed by atoms with Crippen LogP contribution in [0.1, 0.15) is 157 Å². The molecule has 2 aliphatic rings. The summed E-state index contributed by atoms with van der Waals surface area (Å²) >= 11 is 0. The van der Waals surface area contributed by atoms with E-state index in [1.165, 1.54) is 26.2 Å². The predicted octanol–water partition coefficient (Wildman–Crippen LogP) is 11.0. The number of Topliss-reactive ketones (excluding diaryl/α,β-unsaturated/α-hetero) is 1. The van der Waals surface area contributed by atoms with Crippen LogP contribution in [0.4, 0.5) is 21.0 Å². The Morgan fingerprint density at radius 2 is 1.32 bits per heavy atom. The zero-order valence-corrected chi connectivity index (χ0v) is 61.9. The molecule has 5 aromatic rings. The number of hydrogen-bond donors (Lipinski definition) is 7. The Hall–Kier alpha value is -9.40. The van der Waals surface area contributed by atoms with Gasteiger partial charge >= 0.3 is 12.2 Å². The van der Waals surface area contributed by atoms with Crippen molar-refractivity contribution in [3.05, 3.63) is 120 Å². The number of phenols is 2. The zero-order valence-electron chi connectivity index (χ0n) is 61.9. The highest BCUT2D eigenvalue weighted by molar-refractivity contribution is 5.98. The summed E-state index contributed by atoms with van der Waals surface area (Å²) in [6.07, 6.45) is 6.20. The molecule has 11 atom stereocenters. The van der Waals surface area contributed by atoms with Crippen molar-refractivity contribution < 1.29 is 72.6 Å². The van der Waals surface area contributed by atoms with Crippen molar-refractivity contribution in [1.29, 1.82) is 0 Å². The number of nitrogens with one attached hydrogen (secondary N) is 4. The topological polar surface area (TPSA) is 344 Å². The number of likely N-dealkylation sites (N-methyl/N-ethyl adjacent to an activating group) is 2. The Morgan fingerprint density at radius 1 is 0.689 bits per heavy atom. The lowest BCUT2D eigenvalue weighted by atomic mass is 9.83. The Balaban J connectivity index is 0.000000704. The molecular weight excluding hydrogens is 1320 g/mol. The maximum absolute atomic E-state index is 14.9. The third-order valence-corrected chi connectivity index (χ3v) is 19.1. The minimum Gasteiger partial charge on any atom is -0.508 e. The SMILES string of the molecule is CCC(=O)NCCC(=O)Nc1cc(COC(=O)N(C)[C@H](C(=O)C[C@H](C(=O)N(C)[C@@H]([C@@H](C)CC)[C@@H](CC(=O)N2CCC[C@H]2[C@H](OC)[C@@H](C)C(=O)N[C@H](C)[C@@H](O)c2ccccc2)OC)C(C)C)C(C)C)ccc1NC(=O)OC1/C=C/CCCCC1.Oc1ccc(-c2nnc(-c3ccc(O)cc3)nn2)cc1. The van der Waals surface area contributed by atoms with Crippen molar-refractivity contribution >= 4 is 58.9 Å². The molecule has 1 unspecified atom stereocenters. The summed E-state index contributed by atoms with van der Waals surface area (Å²) in [7, 11) is 6.21. The molecule has 26 nitrogen and oxygen atoms in total. The van der Waals surface area contributed by atoms with Crippen LogP contribution in [0.15, 0.2) is 109 Å². The molecule has 1 fully saturated rings. The van der Waals surface area contributed by atoms with Crippen molar-refractivity contribution in [3.8, 4) is 34.3 Å². The number of likely N-dealkylation sites (tertiary alicyclic amines) is 1. The number of aromatic nitrogens is 4. The summed E-state index contributed by atoms with van der Waals surface area (Å²) in [6.45, 7) is 16.8. The van der Waals surface area contributed by atoms with Gasteiger partial charge in [0.2, 0.25) is 41.2 Å². The number of phenolic OH excluding ortho intramolecular Hbond substituents is 2. The summed E-state index contributed by atoms with van der Waals surface area (Å²) in [5.41, 5.74) is 3.03. The lowest BCUT2D eigenvalue weighted by Crippen LogP contribution is -2.55. The monoisotopic (exact) mass is 1430 g/mol. The lowest BCUT2D eigenvalue weighted by Gasteiger charge is -2.41. The number of rotatable bonds is 32. The first-order valence-corrected chi connectivity index (χ1v) is 35.8. The summed E-state index contributed by atoms with van der Waals surface area (Å²) < 4.78 is 23.6. The number of anilines is 2. The number of ketones is 1. The van der Waals surface area contributed by atoms with Gasteiger partial charge in [0.15, 0.2) is 5.78 Å². The van der Waals surface area contributed by atoms with Crippen LogP contribution in [-0.2, 0) is 54.3 Å². The highest BCUT2D eigenvalue weighted by atomic mass is 16.6. The third-order valence-electron chi connectivity index (χ3n) is 19.1. The molecule has 7 rings (SSSR count). The number of benzene rings is 4. The number of aliphatic hydroxyl groups excluding tert-OH is 1. The number of nitrogens with zero attached hydrogens (tertiary/aromatic N) is 7. The largest absolute Gasteiger partial charge is 0.508 e. The van der Waals surface area contributed by atoms with Crippen LogP contribution < -0.4 is 21.3 Å². The normalized spacial score (nSPS) is 17.3. The van der Waals surface area contributed by atoms with E-state index in [-0.39, 0.29) is 109 Å². The number of aliphatic hydroxyl groups is 1. The number of ether oxygens (including phenoxy) is 4. The maximum atomic E-state index is 14.9.